The Morgan fingerprint density at radius 1 is 1.39 bits per heavy atom. The minimum atomic E-state index is -0.261. The lowest BCUT2D eigenvalue weighted by Gasteiger charge is -2.10. The van der Waals surface area contributed by atoms with Crippen molar-refractivity contribution in [3.63, 3.8) is 0 Å². The molecule has 0 saturated carbocycles. The fraction of sp³-hybridized carbons (Fsp3) is 0.357. The number of aromatic nitrogens is 1. The number of benzene rings is 1. The zero-order valence-corrected chi connectivity index (χ0v) is 11.5. The summed E-state index contributed by atoms with van der Waals surface area (Å²) in [4.78, 5) is 4.26. The van der Waals surface area contributed by atoms with E-state index in [1.165, 1.54) is 6.07 Å². The molecule has 1 heterocycles. The van der Waals surface area contributed by atoms with Gasteiger partial charge in [0.25, 0.3) is 0 Å². The lowest BCUT2D eigenvalue weighted by Crippen LogP contribution is -2.04. The smallest absolute Gasteiger partial charge is 0.149 e. The number of pyridine rings is 1. The molecular formula is C14H17FN2S. The third-order valence-corrected chi connectivity index (χ3v) is 3.46. The van der Waals surface area contributed by atoms with Gasteiger partial charge in [0.15, 0.2) is 0 Å². The number of hydrogen-bond donors (Lipinski definition) is 1. The molecule has 0 aliphatic heterocycles. The molecule has 0 fully saturated rings. The summed E-state index contributed by atoms with van der Waals surface area (Å²) in [6, 6.07) is 7.05. The Bertz CT molecular complexity index is 543. The van der Waals surface area contributed by atoms with E-state index in [0.717, 1.165) is 35.5 Å². The summed E-state index contributed by atoms with van der Waals surface area (Å²) in [5.74, 6) is 0.868. The highest BCUT2D eigenvalue weighted by Gasteiger charge is 2.07. The summed E-state index contributed by atoms with van der Waals surface area (Å²) in [6.45, 7) is 2.79. The molecule has 96 valence electrons. The highest BCUT2D eigenvalue weighted by atomic mass is 32.2. The maximum absolute atomic E-state index is 13.7. The Kier molecular flexibility index (Phi) is 4.42. The molecule has 1 aromatic carbocycles. The SMILES string of the molecule is CSCCCNc1cc(C)nc2c(F)cccc12. The predicted molar refractivity (Wildman–Crippen MR) is 77.9 cm³/mol. The molecule has 0 spiro atoms. The summed E-state index contributed by atoms with van der Waals surface area (Å²) >= 11 is 1.83. The van der Waals surface area contributed by atoms with Gasteiger partial charge in [-0.3, -0.25) is 0 Å². The number of hydrogen-bond acceptors (Lipinski definition) is 3. The average molecular weight is 264 g/mol. The number of halogens is 1. The van der Waals surface area contributed by atoms with E-state index < -0.39 is 0 Å². The monoisotopic (exact) mass is 264 g/mol. The molecule has 0 radical (unpaired) electrons. The molecular weight excluding hydrogens is 247 g/mol. The van der Waals surface area contributed by atoms with Gasteiger partial charge in [0.2, 0.25) is 0 Å². The second-order valence-electron chi connectivity index (χ2n) is 4.22. The third-order valence-electron chi connectivity index (χ3n) is 2.76. The summed E-state index contributed by atoms with van der Waals surface area (Å²) in [5, 5.41) is 4.22. The number of nitrogens with zero attached hydrogens (tertiary/aromatic N) is 1. The first-order valence-electron chi connectivity index (χ1n) is 6.01. The first kappa shape index (κ1) is 13.1. The first-order valence-corrected chi connectivity index (χ1v) is 7.40. The van der Waals surface area contributed by atoms with Crippen molar-refractivity contribution in [2.45, 2.75) is 13.3 Å². The van der Waals surface area contributed by atoms with Crippen molar-refractivity contribution in [3.05, 3.63) is 35.8 Å². The van der Waals surface area contributed by atoms with Crippen LogP contribution in [0.25, 0.3) is 10.9 Å². The zero-order chi connectivity index (χ0) is 13.0. The van der Waals surface area contributed by atoms with Gasteiger partial charge >= 0.3 is 0 Å². The summed E-state index contributed by atoms with van der Waals surface area (Å²) in [5.41, 5.74) is 2.25. The highest BCUT2D eigenvalue weighted by Crippen LogP contribution is 2.24. The fourth-order valence-corrected chi connectivity index (χ4v) is 2.36. The molecule has 2 aromatic rings. The summed E-state index contributed by atoms with van der Waals surface area (Å²) in [6.07, 6.45) is 3.20. The minimum Gasteiger partial charge on any atom is -0.384 e. The third kappa shape index (κ3) is 2.93. The predicted octanol–water partition coefficient (Wildman–Crippen LogP) is 3.85. The largest absolute Gasteiger partial charge is 0.384 e. The van der Waals surface area contributed by atoms with Crippen LogP contribution in [-0.4, -0.2) is 23.5 Å². The Hall–Kier alpha value is -1.29. The molecule has 0 saturated heterocycles. The van der Waals surface area contributed by atoms with E-state index in [4.69, 9.17) is 0 Å². The number of aryl methyl sites for hydroxylation is 1. The van der Waals surface area contributed by atoms with Gasteiger partial charge in [-0.25, -0.2) is 9.37 Å². The maximum atomic E-state index is 13.7. The van der Waals surface area contributed by atoms with Gasteiger partial charge in [0.1, 0.15) is 11.3 Å². The molecule has 0 bridgehead atoms. The van der Waals surface area contributed by atoms with Crippen LogP contribution in [-0.2, 0) is 0 Å². The van der Waals surface area contributed by atoms with Gasteiger partial charge in [0.05, 0.1) is 0 Å². The molecule has 18 heavy (non-hydrogen) atoms. The number of para-hydroxylation sites is 1. The van der Waals surface area contributed by atoms with Crippen molar-refractivity contribution in [1.29, 1.82) is 0 Å². The Morgan fingerprint density at radius 2 is 2.22 bits per heavy atom. The average Bonchev–Trinajstić information content (AvgIpc) is 2.36. The fourth-order valence-electron chi connectivity index (χ4n) is 1.93. The normalized spacial score (nSPS) is 10.8. The van der Waals surface area contributed by atoms with Gasteiger partial charge in [-0.1, -0.05) is 12.1 Å². The quantitative estimate of drug-likeness (QED) is 0.830. The second-order valence-corrected chi connectivity index (χ2v) is 5.21. The number of rotatable bonds is 5. The molecule has 1 N–H and O–H groups in total. The molecule has 0 amide bonds. The standard InChI is InChI=1S/C14H17FN2S/c1-10-9-13(16-7-4-8-18-2)11-5-3-6-12(15)14(11)17-10/h3,5-6,9H,4,7-8H2,1-2H3,(H,16,17). The van der Waals surface area contributed by atoms with Gasteiger partial charge in [-0.2, -0.15) is 11.8 Å². The lowest BCUT2D eigenvalue weighted by molar-refractivity contribution is 0.636. The molecule has 1 aromatic heterocycles. The number of thioether (sulfide) groups is 1. The highest BCUT2D eigenvalue weighted by molar-refractivity contribution is 7.98. The number of anilines is 1. The van der Waals surface area contributed by atoms with Crippen LogP contribution in [0, 0.1) is 12.7 Å². The van der Waals surface area contributed by atoms with Crippen LogP contribution in [0.15, 0.2) is 24.3 Å². The minimum absolute atomic E-state index is 0.261. The molecule has 0 aliphatic carbocycles. The van der Waals surface area contributed by atoms with E-state index >= 15 is 0 Å². The van der Waals surface area contributed by atoms with Gasteiger partial charge in [0, 0.05) is 23.3 Å². The van der Waals surface area contributed by atoms with Crippen LogP contribution in [0.1, 0.15) is 12.1 Å². The first-order chi connectivity index (χ1) is 8.72. The summed E-state index contributed by atoms with van der Waals surface area (Å²) < 4.78 is 13.7. The van der Waals surface area contributed by atoms with E-state index in [0.29, 0.717) is 5.52 Å². The zero-order valence-electron chi connectivity index (χ0n) is 10.7. The van der Waals surface area contributed by atoms with E-state index in [9.17, 15) is 4.39 Å². The van der Waals surface area contributed by atoms with Crippen molar-refractivity contribution in [1.82, 2.24) is 4.98 Å². The van der Waals surface area contributed by atoms with Crippen molar-refractivity contribution >= 4 is 28.4 Å². The molecule has 0 unspecified atom stereocenters. The Balaban J connectivity index is 2.29. The van der Waals surface area contributed by atoms with E-state index in [2.05, 4.69) is 16.6 Å². The lowest BCUT2D eigenvalue weighted by atomic mass is 10.1. The van der Waals surface area contributed by atoms with Crippen LogP contribution in [0.2, 0.25) is 0 Å². The Morgan fingerprint density at radius 3 is 3.00 bits per heavy atom. The maximum Gasteiger partial charge on any atom is 0.149 e. The van der Waals surface area contributed by atoms with Crippen LogP contribution < -0.4 is 5.32 Å². The van der Waals surface area contributed by atoms with Crippen LogP contribution in [0.4, 0.5) is 10.1 Å². The number of nitrogens with one attached hydrogen (secondary N) is 1. The molecule has 4 heteroatoms. The second kappa shape index (κ2) is 6.05. The van der Waals surface area contributed by atoms with Gasteiger partial charge in [-0.05, 0) is 37.5 Å². The number of fused-ring (bicyclic) bond motifs is 1. The van der Waals surface area contributed by atoms with Crippen LogP contribution in [0.3, 0.4) is 0 Å². The van der Waals surface area contributed by atoms with E-state index in [1.54, 1.807) is 6.07 Å². The molecule has 2 rings (SSSR count). The van der Waals surface area contributed by atoms with Gasteiger partial charge in [-0.15, -0.1) is 0 Å². The molecule has 0 aliphatic rings. The van der Waals surface area contributed by atoms with E-state index in [-0.39, 0.29) is 5.82 Å². The Labute approximate surface area is 111 Å². The van der Waals surface area contributed by atoms with Crippen molar-refractivity contribution in [3.8, 4) is 0 Å². The van der Waals surface area contributed by atoms with Crippen molar-refractivity contribution < 1.29 is 4.39 Å². The topological polar surface area (TPSA) is 24.9 Å². The van der Waals surface area contributed by atoms with Gasteiger partial charge < -0.3 is 5.32 Å². The van der Waals surface area contributed by atoms with E-state index in [1.807, 2.05) is 30.8 Å². The molecule has 2 nitrogen and oxygen atoms in total. The molecule has 0 atom stereocenters. The van der Waals surface area contributed by atoms with Crippen LogP contribution in [0.5, 0.6) is 0 Å². The van der Waals surface area contributed by atoms with Crippen molar-refractivity contribution in [2.24, 2.45) is 0 Å². The van der Waals surface area contributed by atoms with Crippen molar-refractivity contribution in [2.75, 3.05) is 23.9 Å². The van der Waals surface area contributed by atoms with Crippen LogP contribution >= 0.6 is 11.8 Å². The summed E-state index contributed by atoms with van der Waals surface area (Å²) in [7, 11) is 0.